The van der Waals surface area contributed by atoms with Gasteiger partial charge in [0, 0.05) is 17.3 Å². The van der Waals surface area contributed by atoms with Crippen molar-refractivity contribution < 1.29 is 12.9 Å². The Kier molecular flexibility index (Phi) is 4.70. The molecule has 0 saturated carbocycles. The Balaban J connectivity index is 2.03. The summed E-state index contributed by atoms with van der Waals surface area (Å²) in [6.45, 7) is 5.92. The second-order valence-corrected chi connectivity index (χ2v) is 7.21. The van der Waals surface area contributed by atoms with E-state index in [0.717, 1.165) is 11.9 Å². The standard InChI is InChI=1S/C14H20N4O3S/c1-9(2)13-16-14(21-17-13)10(3)15-11-5-7-12(8-6-11)18-22(4,19)20/h5-10,15,18H,1-4H3/t10-/m0/s1. The van der Waals surface area contributed by atoms with E-state index in [1.807, 2.05) is 20.8 Å². The molecule has 7 nitrogen and oxygen atoms in total. The van der Waals surface area contributed by atoms with E-state index < -0.39 is 10.0 Å². The molecular formula is C14H20N4O3S. The van der Waals surface area contributed by atoms with Crippen LogP contribution in [0.2, 0.25) is 0 Å². The first-order valence-electron chi connectivity index (χ1n) is 6.92. The number of sulfonamides is 1. The zero-order chi connectivity index (χ0) is 16.3. The number of hydrogen-bond acceptors (Lipinski definition) is 6. The third kappa shape index (κ3) is 4.45. The van der Waals surface area contributed by atoms with Crippen molar-refractivity contribution >= 4 is 21.4 Å². The van der Waals surface area contributed by atoms with Gasteiger partial charge in [-0.25, -0.2) is 8.42 Å². The first-order valence-corrected chi connectivity index (χ1v) is 8.81. The van der Waals surface area contributed by atoms with E-state index in [2.05, 4.69) is 20.2 Å². The van der Waals surface area contributed by atoms with Crippen molar-refractivity contribution in [2.24, 2.45) is 0 Å². The van der Waals surface area contributed by atoms with Gasteiger partial charge in [0.05, 0.1) is 6.26 Å². The first-order chi connectivity index (χ1) is 10.2. The predicted octanol–water partition coefficient (Wildman–Crippen LogP) is 2.74. The van der Waals surface area contributed by atoms with Crippen molar-refractivity contribution in [1.29, 1.82) is 0 Å². The molecular weight excluding hydrogens is 304 g/mol. The molecule has 2 aromatic rings. The Morgan fingerprint density at radius 1 is 1.09 bits per heavy atom. The Labute approximate surface area is 130 Å². The molecule has 0 fully saturated rings. The maximum Gasteiger partial charge on any atom is 0.248 e. The second kappa shape index (κ2) is 6.35. The van der Waals surface area contributed by atoms with Crippen LogP contribution < -0.4 is 10.0 Å². The van der Waals surface area contributed by atoms with Crippen LogP contribution in [0.1, 0.15) is 44.4 Å². The number of nitrogens with zero attached hydrogens (tertiary/aromatic N) is 2. The fourth-order valence-electron chi connectivity index (χ4n) is 1.82. The summed E-state index contributed by atoms with van der Waals surface area (Å²) < 4.78 is 29.9. The van der Waals surface area contributed by atoms with Crippen LogP contribution in [0.25, 0.3) is 0 Å². The van der Waals surface area contributed by atoms with Gasteiger partial charge in [-0.3, -0.25) is 4.72 Å². The quantitative estimate of drug-likeness (QED) is 0.848. The minimum Gasteiger partial charge on any atom is -0.374 e. The molecule has 0 spiro atoms. The van der Waals surface area contributed by atoms with Crippen LogP contribution in [0, 0.1) is 0 Å². The molecule has 0 saturated heterocycles. The van der Waals surface area contributed by atoms with Crippen molar-refractivity contribution in [3.8, 4) is 0 Å². The minimum absolute atomic E-state index is 0.145. The average Bonchev–Trinajstić information content (AvgIpc) is 2.89. The van der Waals surface area contributed by atoms with Gasteiger partial charge in [-0.15, -0.1) is 0 Å². The fourth-order valence-corrected chi connectivity index (χ4v) is 2.38. The van der Waals surface area contributed by atoms with Crippen LogP contribution in [0.15, 0.2) is 28.8 Å². The molecule has 2 rings (SSSR count). The summed E-state index contributed by atoms with van der Waals surface area (Å²) in [5.41, 5.74) is 1.34. The molecule has 0 unspecified atom stereocenters. The normalized spacial score (nSPS) is 13.1. The van der Waals surface area contributed by atoms with E-state index in [4.69, 9.17) is 4.52 Å². The van der Waals surface area contributed by atoms with Gasteiger partial charge >= 0.3 is 0 Å². The lowest BCUT2D eigenvalue weighted by atomic mass is 10.2. The van der Waals surface area contributed by atoms with Gasteiger partial charge < -0.3 is 9.84 Å². The van der Waals surface area contributed by atoms with Gasteiger partial charge in [0.15, 0.2) is 5.82 Å². The lowest BCUT2D eigenvalue weighted by Crippen LogP contribution is -2.10. The van der Waals surface area contributed by atoms with Gasteiger partial charge in [0.25, 0.3) is 0 Å². The largest absolute Gasteiger partial charge is 0.374 e. The van der Waals surface area contributed by atoms with Crippen molar-refractivity contribution in [3.05, 3.63) is 36.0 Å². The molecule has 0 aliphatic heterocycles. The van der Waals surface area contributed by atoms with Gasteiger partial charge in [-0.1, -0.05) is 19.0 Å². The third-order valence-corrected chi connectivity index (χ3v) is 3.52. The highest BCUT2D eigenvalue weighted by atomic mass is 32.2. The SMILES string of the molecule is CC(C)c1noc([C@H](C)Nc2ccc(NS(C)(=O)=O)cc2)n1. The molecule has 0 amide bonds. The fraction of sp³-hybridized carbons (Fsp3) is 0.429. The van der Waals surface area contributed by atoms with Crippen LogP contribution in [-0.2, 0) is 10.0 Å². The van der Waals surface area contributed by atoms with Gasteiger partial charge in [-0.2, -0.15) is 4.98 Å². The Morgan fingerprint density at radius 3 is 2.18 bits per heavy atom. The number of anilines is 2. The second-order valence-electron chi connectivity index (χ2n) is 5.46. The molecule has 1 atom stereocenters. The lowest BCUT2D eigenvalue weighted by Gasteiger charge is -2.12. The molecule has 1 heterocycles. The third-order valence-electron chi connectivity index (χ3n) is 2.92. The van der Waals surface area contributed by atoms with E-state index in [0.29, 0.717) is 17.4 Å². The minimum atomic E-state index is -3.27. The number of nitrogens with one attached hydrogen (secondary N) is 2. The van der Waals surface area contributed by atoms with Crippen molar-refractivity contribution in [2.75, 3.05) is 16.3 Å². The molecule has 1 aromatic carbocycles. The number of aromatic nitrogens is 2. The zero-order valence-corrected chi connectivity index (χ0v) is 13.8. The summed E-state index contributed by atoms with van der Waals surface area (Å²) in [6, 6.07) is 6.79. The maximum absolute atomic E-state index is 11.2. The number of benzene rings is 1. The highest BCUT2D eigenvalue weighted by Gasteiger charge is 2.15. The Morgan fingerprint density at radius 2 is 1.68 bits per heavy atom. The predicted molar refractivity (Wildman–Crippen MR) is 85.3 cm³/mol. The molecule has 0 radical (unpaired) electrons. The molecule has 0 aliphatic rings. The van der Waals surface area contributed by atoms with Crippen LogP contribution >= 0.6 is 0 Å². The molecule has 8 heteroatoms. The summed E-state index contributed by atoms with van der Waals surface area (Å²) in [5.74, 6) is 1.41. The topological polar surface area (TPSA) is 97.1 Å². The molecule has 0 aliphatic carbocycles. The average molecular weight is 324 g/mol. The highest BCUT2D eigenvalue weighted by molar-refractivity contribution is 7.92. The van der Waals surface area contributed by atoms with Crippen LogP contribution in [0.5, 0.6) is 0 Å². The van der Waals surface area contributed by atoms with E-state index in [1.165, 1.54) is 0 Å². The zero-order valence-electron chi connectivity index (χ0n) is 13.0. The highest BCUT2D eigenvalue weighted by Crippen LogP contribution is 2.21. The molecule has 2 N–H and O–H groups in total. The van der Waals surface area contributed by atoms with Crippen molar-refractivity contribution in [3.63, 3.8) is 0 Å². The molecule has 22 heavy (non-hydrogen) atoms. The van der Waals surface area contributed by atoms with Crippen molar-refractivity contribution in [1.82, 2.24) is 10.1 Å². The van der Waals surface area contributed by atoms with Gasteiger partial charge in [0.2, 0.25) is 15.9 Å². The monoisotopic (exact) mass is 324 g/mol. The molecule has 1 aromatic heterocycles. The Hall–Kier alpha value is -2.09. The molecule has 0 bridgehead atoms. The summed E-state index contributed by atoms with van der Waals surface area (Å²) >= 11 is 0. The number of hydrogen-bond donors (Lipinski definition) is 2. The van der Waals surface area contributed by atoms with Crippen LogP contribution in [0.3, 0.4) is 0 Å². The van der Waals surface area contributed by atoms with Crippen LogP contribution in [-0.4, -0.2) is 24.8 Å². The summed E-state index contributed by atoms with van der Waals surface area (Å²) in [6.07, 6.45) is 1.11. The maximum atomic E-state index is 11.2. The van der Waals surface area contributed by atoms with Gasteiger partial charge in [0.1, 0.15) is 6.04 Å². The summed E-state index contributed by atoms with van der Waals surface area (Å²) in [7, 11) is -3.27. The number of rotatable bonds is 6. The van der Waals surface area contributed by atoms with Crippen molar-refractivity contribution in [2.45, 2.75) is 32.7 Å². The van der Waals surface area contributed by atoms with E-state index >= 15 is 0 Å². The summed E-state index contributed by atoms with van der Waals surface area (Å²) in [4.78, 5) is 4.34. The first kappa shape index (κ1) is 16.3. The van der Waals surface area contributed by atoms with Crippen LogP contribution in [0.4, 0.5) is 11.4 Å². The van der Waals surface area contributed by atoms with E-state index in [1.54, 1.807) is 24.3 Å². The summed E-state index contributed by atoms with van der Waals surface area (Å²) in [5, 5.41) is 7.16. The molecule has 120 valence electrons. The van der Waals surface area contributed by atoms with Gasteiger partial charge in [-0.05, 0) is 31.2 Å². The lowest BCUT2D eigenvalue weighted by molar-refractivity contribution is 0.361. The van der Waals surface area contributed by atoms with E-state index in [9.17, 15) is 8.42 Å². The smallest absolute Gasteiger partial charge is 0.248 e. The van der Waals surface area contributed by atoms with E-state index in [-0.39, 0.29) is 12.0 Å². The Bertz CT molecular complexity index is 723.